The maximum Gasteiger partial charge on any atom is 0.257 e. The number of rotatable bonds is 5. The fraction of sp³-hybridized carbons (Fsp3) is 0.200. The predicted octanol–water partition coefficient (Wildman–Crippen LogP) is 3.95. The SMILES string of the molecule is CCCNc1cnccc1C(=O)Nc1c(F)cccc1Cl. The van der Waals surface area contributed by atoms with Crippen molar-refractivity contribution >= 4 is 28.9 Å². The molecule has 6 heteroatoms. The molecule has 1 amide bonds. The molecule has 0 aliphatic carbocycles. The van der Waals surface area contributed by atoms with E-state index in [0.29, 0.717) is 17.8 Å². The second-order valence-corrected chi connectivity index (χ2v) is 4.81. The quantitative estimate of drug-likeness (QED) is 0.879. The Balaban J connectivity index is 2.25. The van der Waals surface area contributed by atoms with Gasteiger partial charge in [-0.3, -0.25) is 9.78 Å². The van der Waals surface area contributed by atoms with Crippen LogP contribution in [0.2, 0.25) is 5.02 Å². The lowest BCUT2D eigenvalue weighted by Gasteiger charge is -2.12. The molecular formula is C15H15ClFN3O. The third kappa shape index (κ3) is 3.70. The zero-order valence-electron chi connectivity index (χ0n) is 11.5. The highest BCUT2D eigenvalue weighted by atomic mass is 35.5. The van der Waals surface area contributed by atoms with Gasteiger partial charge in [0.05, 0.1) is 28.2 Å². The maximum atomic E-state index is 13.7. The molecule has 0 saturated carbocycles. The van der Waals surface area contributed by atoms with Crippen LogP contribution in [0.5, 0.6) is 0 Å². The average molecular weight is 308 g/mol. The maximum absolute atomic E-state index is 13.7. The molecule has 0 radical (unpaired) electrons. The molecule has 0 aliphatic rings. The van der Waals surface area contributed by atoms with Gasteiger partial charge in [0.1, 0.15) is 5.82 Å². The van der Waals surface area contributed by atoms with Crippen molar-refractivity contribution in [2.45, 2.75) is 13.3 Å². The van der Waals surface area contributed by atoms with Crippen LogP contribution in [0.4, 0.5) is 15.8 Å². The summed E-state index contributed by atoms with van der Waals surface area (Å²) in [5, 5.41) is 5.76. The summed E-state index contributed by atoms with van der Waals surface area (Å²) in [7, 11) is 0. The Kier molecular flexibility index (Phi) is 5.11. The van der Waals surface area contributed by atoms with Gasteiger partial charge in [-0.15, -0.1) is 0 Å². The number of carbonyl (C=O) groups excluding carboxylic acids is 1. The molecule has 2 N–H and O–H groups in total. The standard InChI is InChI=1S/C15H15ClFN3O/c1-2-7-19-13-9-18-8-6-10(13)15(21)20-14-11(16)4-3-5-12(14)17/h3-6,8-9,19H,2,7H2,1H3,(H,20,21). The second-order valence-electron chi connectivity index (χ2n) is 4.40. The lowest BCUT2D eigenvalue weighted by Crippen LogP contribution is -2.16. The van der Waals surface area contributed by atoms with Crippen LogP contribution in [0.15, 0.2) is 36.7 Å². The number of halogens is 2. The van der Waals surface area contributed by atoms with E-state index in [0.717, 1.165) is 6.42 Å². The fourth-order valence-corrected chi connectivity index (χ4v) is 2.00. The van der Waals surface area contributed by atoms with E-state index in [2.05, 4.69) is 15.6 Å². The summed E-state index contributed by atoms with van der Waals surface area (Å²) in [4.78, 5) is 16.3. The van der Waals surface area contributed by atoms with E-state index in [1.165, 1.54) is 24.4 Å². The number of hydrogen-bond acceptors (Lipinski definition) is 3. The number of amides is 1. The highest BCUT2D eigenvalue weighted by Crippen LogP contribution is 2.26. The largest absolute Gasteiger partial charge is 0.383 e. The Labute approximate surface area is 127 Å². The third-order valence-electron chi connectivity index (χ3n) is 2.83. The zero-order valence-corrected chi connectivity index (χ0v) is 12.2. The summed E-state index contributed by atoms with van der Waals surface area (Å²) in [5.41, 5.74) is 0.963. The van der Waals surface area contributed by atoms with Crippen molar-refractivity contribution in [2.24, 2.45) is 0 Å². The molecule has 2 rings (SSSR count). The molecule has 0 bridgehead atoms. The predicted molar refractivity (Wildman–Crippen MR) is 82.4 cm³/mol. The second kappa shape index (κ2) is 7.04. The van der Waals surface area contributed by atoms with E-state index in [1.807, 2.05) is 6.92 Å². The molecule has 1 aromatic carbocycles. The van der Waals surface area contributed by atoms with Crippen molar-refractivity contribution < 1.29 is 9.18 Å². The van der Waals surface area contributed by atoms with Gasteiger partial charge in [0.2, 0.25) is 0 Å². The Hall–Kier alpha value is -2.14. The van der Waals surface area contributed by atoms with Crippen LogP contribution in [0, 0.1) is 5.82 Å². The molecule has 1 heterocycles. The number of aromatic nitrogens is 1. The van der Waals surface area contributed by atoms with E-state index < -0.39 is 11.7 Å². The number of hydrogen-bond donors (Lipinski definition) is 2. The van der Waals surface area contributed by atoms with Gasteiger partial charge in [-0.2, -0.15) is 0 Å². The van der Waals surface area contributed by atoms with E-state index in [4.69, 9.17) is 11.6 Å². The molecule has 0 aliphatic heterocycles. The molecule has 1 aromatic heterocycles. The summed E-state index contributed by atoms with van der Waals surface area (Å²) in [6, 6.07) is 5.81. The van der Waals surface area contributed by atoms with Crippen molar-refractivity contribution in [3.05, 3.63) is 53.1 Å². The Morgan fingerprint density at radius 2 is 2.19 bits per heavy atom. The lowest BCUT2D eigenvalue weighted by atomic mass is 10.2. The molecule has 2 aromatic rings. The van der Waals surface area contributed by atoms with E-state index in [-0.39, 0.29) is 10.7 Å². The van der Waals surface area contributed by atoms with Gasteiger partial charge >= 0.3 is 0 Å². The minimum absolute atomic E-state index is 0.0255. The van der Waals surface area contributed by atoms with Gasteiger partial charge in [-0.25, -0.2) is 4.39 Å². The number of nitrogens with zero attached hydrogens (tertiary/aromatic N) is 1. The molecule has 0 atom stereocenters. The van der Waals surface area contributed by atoms with Crippen molar-refractivity contribution in [1.29, 1.82) is 0 Å². The van der Waals surface area contributed by atoms with Gasteiger partial charge in [-0.1, -0.05) is 24.6 Å². The Morgan fingerprint density at radius 1 is 1.38 bits per heavy atom. The lowest BCUT2D eigenvalue weighted by molar-refractivity contribution is 0.102. The first-order valence-corrected chi connectivity index (χ1v) is 6.94. The van der Waals surface area contributed by atoms with Gasteiger partial charge in [0.15, 0.2) is 0 Å². The molecule has 110 valence electrons. The van der Waals surface area contributed by atoms with Crippen LogP contribution in [0.3, 0.4) is 0 Å². The van der Waals surface area contributed by atoms with E-state index >= 15 is 0 Å². The Bertz CT molecular complexity index is 628. The number of benzene rings is 1. The van der Waals surface area contributed by atoms with Crippen molar-refractivity contribution in [3.63, 3.8) is 0 Å². The van der Waals surface area contributed by atoms with Gasteiger partial charge in [0.25, 0.3) is 5.91 Å². The molecule has 4 nitrogen and oxygen atoms in total. The number of pyridine rings is 1. The van der Waals surface area contributed by atoms with Crippen LogP contribution in [-0.2, 0) is 0 Å². The van der Waals surface area contributed by atoms with E-state index in [9.17, 15) is 9.18 Å². The molecule has 0 spiro atoms. The van der Waals surface area contributed by atoms with Crippen LogP contribution in [0.1, 0.15) is 23.7 Å². The number of carbonyl (C=O) groups is 1. The number of nitrogens with one attached hydrogen (secondary N) is 2. The summed E-state index contributed by atoms with van der Waals surface area (Å²) in [5.74, 6) is -1.02. The number of para-hydroxylation sites is 1. The highest BCUT2D eigenvalue weighted by Gasteiger charge is 2.15. The minimum atomic E-state index is -0.576. The first kappa shape index (κ1) is 15.3. The zero-order chi connectivity index (χ0) is 15.2. The van der Waals surface area contributed by atoms with Crippen molar-refractivity contribution in [2.75, 3.05) is 17.2 Å². The van der Waals surface area contributed by atoms with Crippen LogP contribution < -0.4 is 10.6 Å². The molecule has 0 fully saturated rings. The van der Waals surface area contributed by atoms with Crippen LogP contribution in [0.25, 0.3) is 0 Å². The van der Waals surface area contributed by atoms with Crippen LogP contribution >= 0.6 is 11.6 Å². The summed E-state index contributed by atoms with van der Waals surface area (Å²) in [6.07, 6.45) is 3.98. The molecule has 21 heavy (non-hydrogen) atoms. The van der Waals surface area contributed by atoms with Crippen LogP contribution in [-0.4, -0.2) is 17.4 Å². The first-order valence-electron chi connectivity index (χ1n) is 6.56. The minimum Gasteiger partial charge on any atom is -0.383 e. The van der Waals surface area contributed by atoms with Gasteiger partial charge in [0, 0.05) is 12.7 Å². The molecule has 0 saturated heterocycles. The summed E-state index contributed by atoms with van der Waals surface area (Å²) in [6.45, 7) is 2.73. The Morgan fingerprint density at radius 3 is 2.90 bits per heavy atom. The first-order chi connectivity index (χ1) is 10.1. The van der Waals surface area contributed by atoms with Crippen molar-refractivity contribution in [3.8, 4) is 0 Å². The monoisotopic (exact) mass is 307 g/mol. The highest BCUT2D eigenvalue weighted by molar-refractivity contribution is 6.34. The normalized spacial score (nSPS) is 10.2. The number of anilines is 2. The summed E-state index contributed by atoms with van der Waals surface area (Å²) >= 11 is 5.90. The smallest absolute Gasteiger partial charge is 0.257 e. The van der Waals surface area contributed by atoms with E-state index in [1.54, 1.807) is 12.3 Å². The topological polar surface area (TPSA) is 54.0 Å². The third-order valence-corrected chi connectivity index (χ3v) is 3.15. The molecule has 0 unspecified atom stereocenters. The summed E-state index contributed by atoms with van der Waals surface area (Å²) < 4.78 is 13.7. The van der Waals surface area contributed by atoms with Gasteiger partial charge < -0.3 is 10.6 Å². The van der Waals surface area contributed by atoms with Gasteiger partial charge in [-0.05, 0) is 24.6 Å². The fourth-order valence-electron chi connectivity index (χ4n) is 1.79. The molecular weight excluding hydrogens is 293 g/mol. The van der Waals surface area contributed by atoms with Crippen molar-refractivity contribution in [1.82, 2.24) is 4.98 Å². The average Bonchev–Trinajstić information content (AvgIpc) is 2.49.